The topological polar surface area (TPSA) is 228 Å². The Balaban J connectivity index is 0.00000292. The van der Waals surface area contributed by atoms with Gasteiger partial charge in [0.05, 0.1) is 30.3 Å². The van der Waals surface area contributed by atoms with Crippen LogP contribution in [0.4, 0.5) is 0 Å². The van der Waals surface area contributed by atoms with Crippen molar-refractivity contribution in [2.24, 2.45) is 16.7 Å². The van der Waals surface area contributed by atoms with Gasteiger partial charge in [-0.3, -0.25) is 14.4 Å². The molecule has 1 aromatic carbocycles. The third-order valence-electron chi connectivity index (χ3n) is 11.6. The SMILES string of the molecule is CC(=O)N[C@@H](c1ccc2c(c1)OCO2)[C@@H](O)C(=O)O[C@H]1C[C@@]2(O)[C@@H](OC(C)=O)[C@@H]3[C@]4(O)CO[C@@H]4C[C@H](O)[C@@]3(C)C(=O)[C@H](O)C(=C1C)C2(C)C.[Ac].[Ac]. The maximum atomic E-state index is 14.4. The van der Waals surface area contributed by atoms with Gasteiger partial charge in [-0.1, -0.05) is 19.9 Å². The Bertz CT molecular complexity index is 1640. The zero-order chi connectivity index (χ0) is 36.0. The second kappa shape index (κ2) is 15.1. The minimum Gasteiger partial charge on any atom is -0.459 e. The first-order valence-electron chi connectivity index (χ1n) is 16.2. The summed E-state index contributed by atoms with van der Waals surface area (Å²) in [5, 5.41) is 61.9. The average Bonchev–Trinajstić information content (AvgIpc) is 3.49. The molecule has 3 fully saturated rings. The van der Waals surface area contributed by atoms with Crippen LogP contribution in [0, 0.1) is 105 Å². The van der Waals surface area contributed by atoms with Gasteiger partial charge in [0.15, 0.2) is 23.4 Å². The molecule has 1 saturated heterocycles. The first kappa shape index (κ1) is 43.0. The minimum absolute atomic E-state index is 0. The predicted octanol–water partition coefficient (Wildman–Crippen LogP) is -0.265. The van der Waals surface area contributed by atoms with E-state index in [-0.39, 0.29) is 119 Å². The number of nitrogens with one attached hydrogen (secondary N) is 1. The molecule has 6 N–H and O–H groups in total. The van der Waals surface area contributed by atoms with Crippen LogP contribution in [0.15, 0.2) is 29.3 Å². The molecule has 0 aromatic heterocycles. The van der Waals surface area contributed by atoms with Crippen LogP contribution in [0.3, 0.4) is 0 Å². The summed E-state index contributed by atoms with van der Waals surface area (Å²) in [6.45, 7) is 7.93. The molecular formula is C34H43Ac2NO14. The molecule has 2 aliphatic heterocycles. The van der Waals surface area contributed by atoms with Crippen molar-refractivity contribution in [2.75, 3.05) is 13.4 Å². The number of carbonyl (C=O) groups is 4. The number of fused-ring (bicyclic) bond motifs is 6. The molecule has 274 valence electrons. The summed E-state index contributed by atoms with van der Waals surface area (Å²) >= 11 is 0. The van der Waals surface area contributed by atoms with Crippen LogP contribution < -0.4 is 14.8 Å². The van der Waals surface area contributed by atoms with E-state index in [4.69, 9.17) is 23.7 Å². The number of aliphatic hydroxyl groups excluding tert-OH is 3. The van der Waals surface area contributed by atoms with E-state index in [1.165, 1.54) is 32.9 Å². The Labute approximate surface area is 366 Å². The Morgan fingerprint density at radius 2 is 1.67 bits per heavy atom. The number of amides is 1. The summed E-state index contributed by atoms with van der Waals surface area (Å²) in [4.78, 5) is 53.0. The Kier molecular flexibility index (Phi) is 12.7. The number of aliphatic hydroxyl groups is 5. The van der Waals surface area contributed by atoms with E-state index in [0.717, 1.165) is 6.92 Å². The largest absolute Gasteiger partial charge is 0.459 e. The van der Waals surface area contributed by atoms with Crippen molar-refractivity contribution in [1.82, 2.24) is 5.32 Å². The third kappa shape index (κ3) is 6.70. The molecule has 17 heteroatoms. The molecule has 1 aromatic rings. The molecule has 11 atom stereocenters. The van der Waals surface area contributed by atoms with Crippen molar-refractivity contribution < 1.29 is 157 Å². The summed E-state index contributed by atoms with van der Waals surface area (Å²) in [7, 11) is 0. The van der Waals surface area contributed by atoms with E-state index >= 15 is 0 Å². The van der Waals surface area contributed by atoms with E-state index in [1.807, 2.05) is 0 Å². The van der Waals surface area contributed by atoms with Crippen LogP contribution in [0.5, 0.6) is 11.5 Å². The van der Waals surface area contributed by atoms with E-state index in [0.29, 0.717) is 17.1 Å². The quantitative estimate of drug-likeness (QED) is 0.160. The van der Waals surface area contributed by atoms with Gasteiger partial charge in [-0.25, -0.2) is 4.79 Å². The van der Waals surface area contributed by atoms with Crippen molar-refractivity contribution >= 4 is 23.6 Å². The summed E-state index contributed by atoms with van der Waals surface area (Å²) in [5.74, 6) is -4.22. The molecule has 1 amide bonds. The van der Waals surface area contributed by atoms with Crippen LogP contribution in [-0.2, 0) is 33.4 Å². The van der Waals surface area contributed by atoms with Gasteiger partial charge in [-0.2, -0.15) is 0 Å². The van der Waals surface area contributed by atoms with Crippen molar-refractivity contribution in [1.29, 1.82) is 0 Å². The van der Waals surface area contributed by atoms with Crippen LogP contribution in [0.1, 0.15) is 66.0 Å². The maximum absolute atomic E-state index is 14.4. The molecule has 2 radical (unpaired) electrons. The van der Waals surface area contributed by atoms with Gasteiger partial charge in [0.2, 0.25) is 12.7 Å². The van der Waals surface area contributed by atoms with Crippen molar-refractivity contribution in [3.63, 3.8) is 0 Å². The van der Waals surface area contributed by atoms with E-state index < -0.39 is 101 Å². The van der Waals surface area contributed by atoms with E-state index in [1.54, 1.807) is 19.9 Å². The molecule has 15 nitrogen and oxygen atoms in total. The predicted molar refractivity (Wildman–Crippen MR) is 165 cm³/mol. The Hall–Kier alpha value is -0.717. The van der Waals surface area contributed by atoms with Gasteiger partial charge >= 0.3 is 11.9 Å². The molecule has 6 rings (SSSR count). The number of hydrogen-bond acceptors (Lipinski definition) is 14. The second-order valence-corrected chi connectivity index (χ2v) is 14.6. The number of ketones is 1. The summed E-state index contributed by atoms with van der Waals surface area (Å²) in [6.07, 6.45) is -10.0. The van der Waals surface area contributed by atoms with E-state index in [9.17, 15) is 44.7 Å². The molecule has 51 heavy (non-hydrogen) atoms. The maximum Gasteiger partial charge on any atom is 0.338 e. The van der Waals surface area contributed by atoms with Crippen LogP contribution in [0.25, 0.3) is 0 Å². The fraction of sp³-hybridized carbons (Fsp3) is 0.647. The molecule has 2 bridgehead atoms. The van der Waals surface area contributed by atoms with Gasteiger partial charge in [-0.05, 0) is 42.7 Å². The molecule has 3 aliphatic carbocycles. The summed E-state index contributed by atoms with van der Waals surface area (Å²) in [6, 6.07) is 3.28. The number of rotatable bonds is 6. The smallest absolute Gasteiger partial charge is 0.338 e. The average molecular weight is 1140 g/mol. The number of benzene rings is 1. The Morgan fingerprint density at radius 1 is 1.02 bits per heavy atom. The summed E-state index contributed by atoms with van der Waals surface area (Å²) < 4.78 is 27.9. The zero-order valence-corrected chi connectivity index (χ0v) is 38.7. The van der Waals surface area contributed by atoms with Gasteiger partial charge in [0, 0.05) is 126 Å². The third-order valence-corrected chi connectivity index (χ3v) is 11.6. The van der Waals surface area contributed by atoms with Crippen molar-refractivity contribution in [3.8, 4) is 11.5 Å². The Morgan fingerprint density at radius 3 is 2.25 bits per heavy atom. The summed E-state index contributed by atoms with van der Waals surface area (Å²) in [5.41, 5.74) is -7.09. The number of Topliss-reactive ketones (excluding diaryl/α,β-unsaturated/α-hetero) is 1. The van der Waals surface area contributed by atoms with Gasteiger partial charge in [0.25, 0.3) is 0 Å². The standard InChI is InChI=1S/C34H43NO14.2Ac/c1-14-20(49-30(42)26(40)24(35-15(2)36)17-7-8-18-19(9-17)47-13-46-18)11-34(44)29(48-16(3)37)27-32(6,21(38)10-22-33(27,43)12-45-22)28(41)25(39)23(14)31(34,4)5;;/h7-9,20-22,24-27,29,38-40,43-44H,10-13H2,1-6H3,(H,35,36);;/t20-,21-,22+,24-,25+,26+,27-,29-,32+,33-,34+;;/m0../s1. The van der Waals surface area contributed by atoms with Gasteiger partial charge in [0.1, 0.15) is 29.5 Å². The second-order valence-electron chi connectivity index (χ2n) is 14.6. The van der Waals surface area contributed by atoms with E-state index in [2.05, 4.69) is 5.32 Å². The van der Waals surface area contributed by atoms with Crippen LogP contribution >= 0.6 is 0 Å². The number of esters is 2. The van der Waals surface area contributed by atoms with Gasteiger partial charge in [-0.15, -0.1) is 0 Å². The zero-order valence-electron chi connectivity index (χ0n) is 29.2. The number of hydrogen-bond donors (Lipinski definition) is 6. The molecule has 2 heterocycles. The number of carbonyl (C=O) groups excluding carboxylic acids is 4. The normalized spacial score (nSPS) is 37.0. The molecule has 0 unspecified atom stereocenters. The van der Waals surface area contributed by atoms with Crippen molar-refractivity contribution in [2.45, 2.75) is 108 Å². The first-order valence-corrected chi connectivity index (χ1v) is 16.2. The minimum atomic E-state index is -2.24. The first-order chi connectivity index (χ1) is 22.8. The molecule has 0 spiro atoms. The van der Waals surface area contributed by atoms with Crippen molar-refractivity contribution in [3.05, 3.63) is 34.9 Å². The monoisotopic (exact) mass is 1140 g/mol. The fourth-order valence-corrected chi connectivity index (χ4v) is 8.81. The fourth-order valence-electron chi connectivity index (χ4n) is 8.81. The molecular weight excluding hydrogens is 1100 g/mol. The van der Waals surface area contributed by atoms with Crippen LogP contribution in [0.2, 0.25) is 0 Å². The molecule has 5 aliphatic rings. The number of ether oxygens (including phenoxy) is 5. The van der Waals surface area contributed by atoms with Crippen LogP contribution in [-0.4, -0.2) is 110 Å². The molecule has 2 saturated carbocycles. The van der Waals surface area contributed by atoms with Gasteiger partial charge < -0.3 is 54.5 Å².